The molecule has 0 aromatic heterocycles. The molecule has 0 bridgehead atoms. The summed E-state index contributed by atoms with van der Waals surface area (Å²) in [5, 5.41) is 3.02. The molecule has 1 aromatic rings. The zero-order valence-corrected chi connectivity index (χ0v) is 20.2. The Morgan fingerprint density at radius 2 is 1.51 bits per heavy atom. The van der Waals surface area contributed by atoms with Crippen LogP contribution in [0.1, 0.15) is 81.0 Å². The van der Waals surface area contributed by atoms with E-state index in [1.165, 1.54) is 22.6 Å². The zero-order valence-electron chi connectivity index (χ0n) is 20.2. The van der Waals surface area contributed by atoms with Crippen LogP contribution in [0.3, 0.4) is 0 Å². The largest absolute Gasteiger partial charge is 0.350 e. The summed E-state index contributed by atoms with van der Waals surface area (Å²) in [6, 6.07) is 2.66. The first-order valence-electron chi connectivity index (χ1n) is 12.9. The predicted molar refractivity (Wildman–Crippen MR) is 127 cm³/mol. The van der Waals surface area contributed by atoms with Gasteiger partial charge in [0.05, 0.1) is 0 Å². The van der Waals surface area contributed by atoms with Crippen LogP contribution in [-0.2, 0) is 9.59 Å². The monoisotopic (exact) mass is 490 g/mol. The zero-order chi connectivity index (χ0) is 24.9. The lowest BCUT2D eigenvalue weighted by molar-refractivity contribution is -0.149. The van der Waals surface area contributed by atoms with Crippen LogP contribution in [0.4, 0.5) is 8.78 Å². The van der Waals surface area contributed by atoms with Crippen molar-refractivity contribution in [3.8, 4) is 0 Å². The van der Waals surface area contributed by atoms with Gasteiger partial charge in [-0.25, -0.2) is 8.78 Å². The normalized spacial score (nSPS) is 25.5. The van der Waals surface area contributed by atoms with E-state index < -0.39 is 29.6 Å². The van der Waals surface area contributed by atoms with Gasteiger partial charge in [0.25, 0.3) is 11.8 Å². The van der Waals surface area contributed by atoms with E-state index in [9.17, 15) is 23.2 Å². The van der Waals surface area contributed by atoms with Crippen LogP contribution in [0.5, 0.6) is 0 Å². The fourth-order valence-electron chi connectivity index (χ4n) is 5.73. The molecule has 2 aliphatic carbocycles. The van der Waals surface area contributed by atoms with Crippen LogP contribution in [0.2, 0.25) is 0 Å². The first kappa shape index (κ1) is 25.5. The molecular formula is C26H36F2N4O3. The Bertz CT molecular complexity index is 909. The minimum absolute atomic E-state index is 0.0803. The minimum Gasteiger partial charge on any atom is -0.350 e. The number of hydrogen-bond acceptors (Lipinski definition) is 4. The van der Waals surface area contributed by atoms with Crippen LogP contribution < -0.4 is 11.1 Å². The lowest BCUT2D eigenvalue weighted by Gasteiger charge is -2.43. The van der Waals surface area contributed by atoms with Crippen LogP contribution in [0.25, 0.3) is 0 Å². The molecule has 1 atom stereocenters. The molecule has 1 heterocycles. The molecule has 7 nitrogen and oxygen atoms in total. The highest BCUT2D eigenvalue weighted by atomic mass is 19.1. The number of amides is 3. The molecule has 9 heteroatoms. The highest BCUT2D eigenvalue weighted by Gasteiger charge is 2.41. The number of rotatable bonds is 6. The summed E-state index contributed by atoms with van der Waals surface area (Å²) in [5.41, 5.74) is 5.81. The second-order valence-corrected chi connectivity index (χ2v) is 10.3. The average molecular weight is 491 g/mol. The molecule has 0 spiro atoms. The lowest BCUT2D eigenvalue weighted by atomic mass is 9.91. The molecular weight excluding hydrogens is 454 g/mol. The van der Waals surface area contributed by atoms with Gasteiger partial charge in [0.1, 0.15) is 11.6 Å². The summed E-state index contributed by atoms with van der Waals surface area (Å²) in [6.07, 6.45) is 8.11. The second kappa shape index (κ2) is 11.5. The summed E-state index contributed by atoms with van der Waals surface area (Å²) < 4.78 is 27.7. The Kier molecular flexibility index (Phi) is 8.36. The van der Waals surface area contributed by atoms with Crippen LogP contribution in [0.15, 0.2) is 18.2 Å². The number of nitrogens with one attached hydrogen (secondary N) is 1. The van der Waals surface area contributed by atoms with Crippen LogP contribution >= 0.6 is 0 Å². The highest BCUT2D eigenvalue weighted by molar-refractivity contribution is 5.99. The maximum atomic E-state index is 13.8. The van der Waals surface area contributed by atoms with Gasteiger partial charge in [0.15, 0.2) is 6.17 Å². The molecule has 3 amide bonds. The van der Waals surface area contributed by atoms with Gasteiger partial charge in [0, 0.05) is 43.2 Å². The Morgan fingerprint density at radius 3 is 2.17 bits per heavy atom. The fraction of sp³-hybridized carbons (Fsp3) is 0.654. The molecule has 1 saturated heterocycles. The summed E-state index contributed by atoms with van der Waals surface area (Å²) in [7, 11) is 0. The number of benzene rings is 1. The smallest absolute Gasteiger partial charge is 0.264 e. The Hall–Kier alpha value is -2.55. The van der Waals surface area contributed by atoms with Gasteiger partial charge in [-0.1, -0.05) is 25.7 Å². The van der Waals surface area contributed by atoms with Gasteiger partial charge in [-0.3, -0.25) is 14.4 Å². The summed E-state index contributed by atoms with van der Waals surface area (Å²) in [6.45, 7) is 0.579. The SMILES string of the molecule is NC1CCC(NC(=O)C2N(C(=O)CCC3CCCC3)CCCN2C(=O)c2cc(F)cc(F)c2)CC1. The van der Waals surface area contributed by atoms with E-state index in [-0.39, 0.29) is 30.1 Å². The first-order chi connectivity index (χ1) is 16.8. The maximum Gasteiger partial charge on any atom is 0.264 e. The highest BCUT2D eigenvalue weighted by Crippen LogP contribution is 2.29. The van der Waals surface area contributed by atoms with E-state index in [4.69, 9.17) is 5.73 Å². The topological polar surface area (TPSA) is 95.7 Å². The molecule has 1 aromatic carbocycles. The molecule has 4 rings (SSSR count). The van der Waals surface area contributed by atoms with Gasteiger partial charge in [-0.05, 0) is 56.6 Å². The van der Waals surface area contributed by atoms with E-state index in [1.807, 2.05) is 0 Å². The van der Waals surface area contributed by atoms with Crippen LogP contribution in [-0.4, -0.2) is 58.9 Å². The molecule has 3 fully saturated rings. The Labute approximate surface area is 205 Å². The third-order valence-corrected chi connectivity index (χ3v) is 7.67. The molecule has 3 aliphatic rings. The summed E-state index contributed by atoms with van der Waals surface area (Å²) in [5.74, 6) is -2.46. The lowest BCUT2D eigenvalue weighted by Crippen LogP contribution is -2.64. The molecule has 35 heavy (non-hydrogen) atoms. The van der Waals surface area contributed by atoms with E-state index in [0.717, 1.165) is 57.1 Å². The van der Waals surface area contributed by atoms with Crippen molar-refractivity contribution < 1.29 is 23.2 Å². The van der Waals surface area contributed by atoms with Crippen molar-refractivity contribution in [1.82, 2.24) is 15.1 Å². The maximum absolute atomic E-state index is 13.8. The van der Waals surface area contributed by atoms with Crippen LogP contribution in [0, 0.1) is 17.6 Å². The van der Waals surface area contributed by atoms with E-state index >= 15 is 0 Å². The molecule has 3 N–H and O–H groups in total. The molecule has 2 saturated carbocycles. The quantitative estimate of drug-likeness (QED) is 0.640. The molecule has 0 radical (unpaired) electrons. The van der Waals surface area contributed by atoms with E-state index in [1.54, 1.807) is 0 Å². The van der Waals surface area contributed by atoms with Crippen molar-refractivity contribution in [1.29, 1.82) is 0 Å². The number of carbonyl (C=O) groups excluding carboxylic acids is 3. The standard InChI is InChI=1S/C26H36F2N4O3/c27-19-14-18(15-20(28)16-19)26(35)32-13-3-12-31(23(33)11-6-17-4-1-2-5-17)25(32)24(34)30-22-9-7-21(29)8-10-22/h14-17,21-22,25H,1-13,29H2,(H,30,34). The number of carbonyl (C=O) groups is 3. The fourth-order valence-corrected chi connectivity index (χ4v) is 5.73. The average Bonchev–Trinajstić information content (AvgIpc) is 3.36. The van der Waals surface area contributed by atoms with Gasteiger partial charge in [-0.2, -0.15) is 0 Å². The van der Waals surface area contributed by atoms with E-state index in [0.29, 0.717) is 31.4 Å². The third-order valence-electron chi connectivity index (χ3n) is 7.67. The van der Waals surface area contributed by atoms with E-state index in [2.05, 4.69) is 5.32 Å². The van der Waals surface area contributed by atoms with Crippen molar-refractivity contribution in [3.63, 3.8) is 0 Å². The van der Waals surface area contributed by atoms with Crippen molar-refractivity contribution in [2.45, 2.75) is 88.9 Å². The third kappa shape index (κ3) is 6.37. The minimum atomic E-state index is -1.14. The summed E-state index contributed by atoms with van der Waals surface area (Å²) >= 11 is 0. The van der Waals surface area contributed by atoms with Crippen molar-refractivity contribution in [2.75, 3.05) is 13.1 Å². The number of nitrogens with two attached hydrogens (primary N) is 1. The van der Waals surface area contributed by atoms with Gasteiger partial charge < -0.3 is 20.9 Å². The Balaban J connectivity index is 1.54. The number of hydrogen-bond donors (Lipinski definition) is 2. The van der Waals surface area contributed by atoms with Gasteiger partial charge in [-0.15, -0.1) is 0 Å². The van der Waals surface area contributed by atoms with Gasteiger partial charge in [0.2, 0.25) is 5.91 Å². The summed E-state index contributed by atoms with van der Waals surface area (Å²) in [4.78, 5) is 42.9. The second-order valence-electron chi connectivity index (χ2n) is 10.3. The van der Waals surface area contributed by atoms with Crippen molar-refractivity contribution in [2.24, 2.45) is 11.7 Å². The number of halogens is 2. The number of nitrogens with zero attached hydrogens (tertiary/aromatic N) is 2. The van der Waals surface area contributed by atoms with Crippen molar-refractivity contribution in [3.05, 3.63) is 35.4 Å². The first-order valence-corrected chi connectivity index (χ1v) is 12.9. The Morgan fingerprint density at radius 1 is 0.886 bits per heavy atom. The van der Waals surface area contributed by atoms with Crippen molar-refractivity contribution >= 4 is 17.7 Å². The van der Waals surface area contributed by atoms with Gasteiger partial charge >= 0.3 is 0 Å². The molecule has 1 unspecified atom stereocenters. The molecule has 192 valence electrons. The molecule has 1 aliphatic heterocycles. The predicted octanol–water partition coefficient (Wildman–Crippen LogP) is 3.32.